The molecule has 1 aromatic carbocycles. The van der Waals surface area contributed by atoms with Gasteiger partial charge in [-0.2, -0.15) is 12.6 Å². The first-order valence-corrected chi connectivity index (χ1v) is 5.80. The van der Waals surface area contributed by atoms with Gasteiger partial charge in [0.05, 0.1) is 12.2 Å². The Morgan fingerprint density at radius 1 is 1.35 bits per heavy atom. The molecule has 1 aromatic rings. The van der Waals surface area contributed by atoms with Crippen molar-refractivity contribution < 1.29 is 14.7 Å². The summed E-state index contributed by atoms with van der Waals surface area (Å²) in [5, 5.41) is 8.69. The highest BCUT2D eigenvalue weighted by atomic mass is 32.1. The van der Waals surface area contributed by atoms with Crippen molar-refractivity contribution in [1.82, 2.24) is 4.90 Å². The molecule has 92 valence electrons. The Hall–Kier alpha value is -1.49. The molecule has 1 N–H and O–H groups in total. The maximum absolute atomic E-state index is 11.3. The molecular formula is C12H15NO3S. The van der Waals surface area contributed by atoms with E-state index < -0.39 is 5.97 Å². The maximum Gasteiger partial charge on any atom is 0.307 e. The number of hydrogen-bond donors (Lipinski definition) is 2. The number of carbonyl (C=O) groups is 2. The summed E-state index contributed by atoms with van der Waals surface area (Å²) in [6.07, 6.45) is -0.00192. The second-order valence-corrected chi connectivity index (χ2v) is 4.11. The van der Waals surface area contributed by atoms with Crippen LogP contribution in [0.3, 0.4) is 0 Å². The van der Waals surface area contributed by atoms with Crippen molar-refractivity contribution in [3.05, 3.63) is 35.4 Å². The highest BCUT2D eigenvalue weighted by molar-refractivity contribution is 7.81. The third kappa shape index (κ3) is 4.48. The van der Waals surface area contributed by atoms with Crippen LogP contribution >= 0.6 is 12.6 Å². The van der Waals surface area contributed by atoms with Crippen LogP contribution < -0.4 is 0 Å². The fourth-order valence-electron chi connectivity index (χ4n) is 1.50. The Morgan fingerprint density at radius 2 is 2.00 bits per heavy atom. The van der Waals surface area contributed by atoms with Gasteiger partial charge in [-0.25, -0.2) is 0 Å². The zero-order chi connectivity index (χ0) is 12.8. The van der Waals surface area contributed by atoms with Crippen LogP contribution in [0.5, 0.6) is 0 Å². The van der Waals surface area contributed by atoms with Crippen molar-refractivity contribution in [3.63, 3.8) is 0 Å². The molecule has 17 heavy (non-hydrogen) atoms. The Balaban J connectivity index is 2.71. The predicted octanol–water partition coefficient (Wildman–Crippen LogP) is 1.20. The third-order valence-electron chi connectivity index (χ3n) is 2.33. The summed E-state index contributed by atoms with van der Waals surface area (Å²) < 4.78 is 0. The van der Waals surface area contributed by atoms with Crippen molar-refractivity contribution in [2.45, 2.75) is 13.0 Å². The number of carboxylic acids is 1. The standard InChI is InChI=1S/C12H15NO3S/c1-13(11(14)8-17)7-10-4-2-3-9(5-10)6-12(15)16/h2-5,17H,6-8H2,1H3,(H,15,16). The Labute approximate surface area is 106 Å². The van der Waals surface area contributed by atoms with Gasteiger partial charge in [0.1, 0.15) is 0 Å². The van der Waals surface area contributed by atoms with E-state index in [0.717, 1.165) is 11.1 Å². The Bertz CT molecular complexity index is 420. The molecule has 0 aromatic heterocycles. The fourth-order valence-corrected chi connectivity index (χ4v) is 1.74. The molecule has 5 heteroatoms. The van der Waals surface area contributed by atoms with Crippen LogP contribution in [0, 0.1) is 0 Å². The number of benzene rings is 1. The highest BCUT2D eigenvalue weighted by Crippen LogP contribution is 2.08. The van der Waals surface area contributed by atoms with Crippen LogP contribution in [0.2, 0.25) is 0 Å². The van der Waals surface area contributed by atoms with Crippen molar-refractivity contribution in [1.29, 1.82) is 0 Å². The average Bonchev–Trinajstić information content (AvgIpc) is 2.27. The normalized spacial score (nSPS) is 10.0. The number of hydrogen-bond acceptors (Lipinski definition) is 3. The van der Waals surface area contributed by atoms with Crippen molar-refractivity contribution >= 4 is 24.5 Å². The third-order valence-corrected chi connectivity index (χ3v) is 2.60. The van der Waals surface area contributed by atoms with E-state index in [1.165, 1.54) is 0 Å². The number of nitrogens with zero attached hydrogens (tertiary/aromatic N) is 1. The lowest BCUT2D eigenvalue weighted by molar-refractivity contribution is -0.136. The van der Waals surface area contributed by atoms with Crippen LogP contribution in [0.1, 0.15) is 11.1 Å². The van der Waals surface area contributed by atoms with E-state index in [2.05, 4.69) is 12.6 Å². The fraction of sp³-hybridized carbons (Fsp3) is 0.333. The molecule has 0 unspecified atom stereocenters. The van der Waals surface area contributed by atoms with E-state index >= 15 is 0 Å². The molecule has 1 rings (SSSR count). The van der Waals surface area contributed by atoms with Crippen molar-refractivity contribution in [2.24, 2.45) is 0 Å². The van der Waals surface area contributed by atoms with Gasteiger partial charge in [0.15, 0.2) is 0 Å². The number of thiol groups is 1. The Kier molecular flexibility index (Phi) is 5.03. The number of aliphatic carboxylic acids is 1. The zero-order valence-electron chi connectivity index (χ0n) is 9.59. The maximum atomic E-state index is 11.3. The van der Waals surface area contributed by atoms with Crippen LogP contribution in [0.4, 0.5) is 0 Å². The summed E-state index contributed by atoms with van der Waals surface area (Å²) in [5.74, 6) is -0.746. The van der Waals surface area contributed by atoms with E-state index in [9.17, 15) is 9.59 Å². The van der Waals surface area contributed by atoms with Gasteiger partial charge < -0.3 is 10.0 Å². The first-order valence-electron chi connectivity index (χ1n) is 5.17. The minimum Gasteiger partial charge on any atom is -0.481 e. The summed E-state index contributed by atoms with van der Waals surface area (Å²) in [6, 6.07) is 7.23. The quantitative estimate of drug-likeness (QED) is 0.775. The molecular weight excluding hydrogens is 238 g/mol. The second kappa shape index (κ2) is 6.30. The Morgan fingerprint density at radius 3 is 2.59 bits per heavy atom. The predicted molar refractivity (Wildman–Crippen MR) is 68.1 cm³/mol. The van der Waals surface area contributed by atoms with Crippen LogP contribution in [-0.4, -0.2) is 34.7 Å². The van der Waals surface area contributed by atoms with Crippen molar-refractivity contribution in [3.8, 4) is 0 Å². The molecule has 0 aliphatic carbocycles. The molecule has 0 bridgehead atoms. The SMILES string of the molecule is CN(Cc1cccc(CC(=O)O)c1)C(=O)CS. The lowest BCUT2D eigenvalue weighted by atomic mass is 10.1. The summed E-state index contributed by atoms with van der Waals surface area (Å²) in [6.45, 7) is 0.465. The smallest absolute Gasteiger partial charge is 0.307 e. The average molecular weight is 253 g/mol. The van der Waals surface area contributed by atoms with E-state index in [4.69, 9.17) is 5.11 Å². The highest BCUT2D eigenvalue weighted by Gasteiger charge is 2.07. The minimum absolute atomic E-state index is 0.00192. The summed E-state index contributed by atoms with van der Waals surface area (Å²) >= 11 is 3.92. The molecule has 0 spiro atoms. The lowest BCUT2D eigenvalue weighted by Gasteiger charge is -2.16. The van der Waals surface area contributed by atoms with Gasteiger partial charge >= 0.3 is 5.97 Å². The molecule has 0 fully saturated rings. The molecule has 0 saturated heterocycles. The van der Waals surface area contributed by atoms with E-state index in [0.29, 0.717) is 6.54 Å². The van der Waals surface area contributed by atoms with E-state index in [1.54, 1.807) is 30.1 Å². The first-order chi connectivity index (χ1) is 8.02. The van der Waals surface area contributed by atoms with Gasteiger partial charge in [0.2, 0.25) is 5.91 Å². The van der Waals surface area contributed by atoms with Crippen molar-refractivity contribution in [2.75, 3.05) is 12.8 Å². The van der Waals surface area contributed by atoms with Crippen LogP contribution in [0.25, 0.3) is 0 Å². The molecule has 0 saturated carbocycles. The van der Waals surface area contributed by atoms with Gasteiger partial charge in [-0.05, 0) is 11.1 Å². The second-order valence-electron chi connectivity index (χ2n) is 3.80. The summed E-state index contributed by atoms with van der Waals surface area (Å²) in [4.78, 5) is 23.5. The van der Waals surface area contributed by atoms with Gasteiger partial charge in [0.25, 0.3) is 0 Å². The molecule has 1 amide bonds. The zero-order valence-corrected chi connectivity index (χ0v) is 10.5. The van der Waals surface area contributed by atoms with E-state index in [1.807, 2.05) is 6.07 Å². The summed E-state index contributed by atoms with van der Waals surface area (Å²) in [5.41, 5.74) is 1.66. The molecule has 0 aliphatic rings. The lowest BCUT2D eigenvalue weighted by Crippen LogP contribution is -2.27. The summed E-state index contributed by atoms with van der Waals surface area (Å²) in [7, 11) is 1.70. The molecule has 4 nitrogen and oxygen atoms in total. The number of carboxylic acid groups (broad SMARTS) is 1. The number of rotatable bonds is 5. The monoisotopic (exact) mass is 253 g/mol. The van der Waals surface area contributed by atoms with Crippen LogP contribution in [-0.2, 0) is 22.6 Å². The number of amides is 1. The van der Waals surface area contributed by atoms with Gasteiger partial charge in [-0.15, -0.1) is 0 Å². The van der Waals surface area contributed by atoms with Gasteiger partial charge in [-0.1, -0.05) is 24.3 Å². The van der Waals surface area contributed by atoms with Gasteiger partial charge in [-0.3, -0.25) is 9.59 Å². The molecule has 0 atom stereocenters. The topological polar surface area (TPSA) is 57.6 Å². The first kappa shape index (κ1) is 13.6. The molecule has 0 radical (unpaired) electrons. The minimum atomic E-state index is -0.859. The number of carbonyl (C=O) groups excluding carboxylic acids is 1. The van der Waals surface area contributed by atoms with E-state index in [-0.39, 0.29) is 18.1 Å². The largest absolute Gasteiger partial charge is 0.481 e. The van der Waals surface area contributed by atoms with Gasteiger partial charge in [0, 0.05) is 13.6 Å². The molecule has 0 aliphatic heterocycles. The van der Waals surface area contributed by atoms with Crippen LogP contribution in [0.15, 0.2) is 24.3 Å². The molecule has 0 heterocycles.